The monoisotopic (exact) mass is 414 g/mol. The van der Waals surface area contributed by atoms with E-state index in [0.717, 1.165) is 43.1 Å². The van der Waals surface area contributed by atoms with Gasteiger partial charge in [-0.15, -0.1) is 0 Å². The number of carbonyl (C=O) groups is 1. The lowest BCUT2D eigenvalue weighted by atomic mass is 9.43. The highest BCUT2D eigenvalue weighted by Crippen LogP contribution is 2.65. The van der Waals surface area contributed by atoms with Gasteiger partial charge >= 0.3 is 5.97 Å². The molecule has 3 fully saturated rings. The fraction of sp³-hybridized carbons (Fsp3) is 0.821. The third kappa shape index (κ3) is 4.17. The van der Waals surface area contributed by atoms with Crippen LogP contribution in [0.3, 0.4) is 0 Å². The second kappa shape index (κ2) is 9.61. The summed E-state index contributed by atoms with van der Waals surface area (Å²) in [5.41, 5.74) is 3.13. The number of carbonyl (C=O) groups excluding carboxylic acids is 1. The van der Waals surface area contributed by atoms with E-state index in [0.29, 0.717) is 29.3 Å². The van der Waals surface area contributed by atoms with E-state index in [-0.39, 0.29) is 5.97 Å². The van der Waals surface area contributed by atoms with Gasteiger partial charge in [0.05, 0.1) is 6.61 Å². The van der Waals surface area contributed by atoms with Gasteiger partial charge in [0.15, 0.2) is 0 Å². The van der Waals surface area contributed by atoms with Crippen LogP contribution < -0.4 is 0 Å². The lowest BCUT2D eigenvalue weighted by molar-refractivity contribution is -0.135. The molecule has 3 aliphatic rings. The zero-order valence-electron chi connectivity index (χ0n) is 20.4. The fourth-order valence-electron chi connectivity index (χ4n) is 7.85. The van der Waals surface area contributed by atoms with E-state index in [2.05, 4.69) is 47.3 Å². The summed E-state index contributed by atoms with van der Waals surface area (Å²) in [4.78, 5) is 12.4. The number of allylic oxidation sites excluding steroid dienone is 2. The molecular formula is C28H46O2. The first-order chi connectivity index (χ1) is 14.3. The number of hydrogen-bond acceptors (Lipinski definition) is 2. The normalized spacial score (nSPS) is 40.5. The van der Waals surface area contributed by atoms with Gasteiger partial charge < -0.3 is 4.74 Å². The van der Waals surface area contributed by atoms with E-state index in [1.807, 2.05) is 0 Å². The van der Waals surface area contributed by atoms with Gasteiger partial charge in [0.25, 0.3) is 0 Å². The van der Waals surface area contributed by atoms with E-state index < -0.39 is 0 Å². The van der Waals surface area contributed by atoms with Crippen LogP contribution in [0, 0.1) is 34.5 Å². The summed E-state index contributed by atoms with van der Waals surface area (Å²) in [5, 5.41) is 0. The van der Waals surface area contributed by atoms with Gasteiger partial charge in [0, 0.05) is 11.5 Å². The molecule has 0 aromatic carbocycles. The molecule has 170 valence electrons. The Morgan fingerprint density at radius 2 is 1.83 bits per heavy atom. The number of esters is 1. The Bertz CT molecular complexity index is 662. The van der Waals surface area contributed by atoms with Gasteiger partial charge in [-0.05, 0) is 73.5 Å². The first-order valence-corrected chi connectivity index (χ1v) is 12.9. The van der Waals surface area contributed by atoms with E-state index in [4.69, 9.17) is 4.74 Å². The van der Waals surface area contributed by atoms with E-state index >= 15 is 0 Å². The summed E-state index contributed by atoms with van der Waals surface area (Å²) in [6, 6.07) is 0. The Morgan fingerprint density at radius 1 is 1.10 bits per heavy atom. The molecule has 1 saturated heterocycles. The Kier molecular flexibility index (Phi) is 7.57. The number of ether oxygens (including phenoxy) is 1. The van der Waals surface area contributed by atoms with Crippen molar-refractivity contribution >= 4 is 5.97 Å². The van der Waals surface area contributed by atoms with Crippen LogP contribution in [-0.2, 0) is 9.53 Å². The van der Waals surface area contributed by atoms with Gasteiger partial charge in [0.2, 0.25) is 0 Å². The minimum Gasteiger partial charge on any atom is -0.462 e. The van der Waals surface area contributed by atoms with Crippen molar-refractivity contribution in [2.24, 2.45) is 34.5 Å². The van der Waals surface area contributed by atoms with Crippen LogP contribution in [0.4, 0.5) is 0 Å². The van der Waals surface area contributed by atoms with Gasteiger partial charge in [-0.1, -0.05) is 78.5 Å². The summed E-state index contributed by atoms with van der Waals surface area (Å²) < 4.78 is 5.41. The molecule has 30 heavy (non-hydrogen) atoms. The molecule has 1 heterocycles. The molecule has 0 N–H and O–H groups in total. The summed E-state index contributed by atoms with van der Waals surface area (Å²) in [6.45, 7) is 17.2. The van der Waals surface area contributed by atoms with Crippen molar-refractivity contribution in [1.82, 2.24) is 0 Å². The molecule has 0 aromatic heterocycles. The molecule has 3 rings (SSSR count). The number of fused-ring (bicyclic) bond motifs is 1. The standard InChI is InChI=1S/C28H46O2/c1-7-10-21-19-30-26(29)23(21)13-14-24-20(4)12-15-25-27(5,17-9-3)22(11-8-2)16-18-28(24,25)6/h13,21-22,24-25H,4,7-12,14-19H2,1-3,5-6H3/b23-13+. The quantitative estimate of drug-likeness (QED) is 0.229. The summed E-state index contributed by atoms with van der Waals surface area (Å²) >= 11 is 0. The molecule has 0 bridgehead atoms. The molecule has 6 atom stereocenters. The zero-order valence-corrected chi connectivity index (χ0v) is 20.4. The van der Waals surface area contributed by atoms with Gasteiger partial charge in [-0.25, -0.2) is 4.79 Å². The van der Waals surface area contributed by atoms with Crippen molar-refractivity contribution in [2.45, 2.75) is 105 Å². The topological polar surface area (TPSA) is 26.3 Å². The average molecular weight is 415 g/mol. The summed E-state index contributed by atoms with van der Waals surface area (Å²) in [6.07, 6.45) is 15.8. The summed E-state index contributed by atoms with van der Waals surface area (Å²) in [5.74, 6) is 2.36. The van der Waals surface area contributed by atoms with Crippen LogP contribution in [0.5, 0.6) is 0 Å². The second-order valence-electron chi connectivity index (χ2n) is 11.1. The highest BCUT2D eigenvalue weighted by molar-refractivity contribution is 5.91. The van der Waals surface area contributed by atoms with Gasteiger partial charge in [0.1, 0.15) is 0 Å². The van der Waals surface area contributed by atoms with Crippen molar-refractivity contribution in [3.63, 3.8) is 0 Å². The zero-order chi connectivity index (χ0) is 21.9. The molecule has 0 spiro atoms. The molecule has 2 heteroatoms. The molecule has 0 amide bonds. The van der Waals surface area contributed by atoms with Crippen LogP contribution in [0.25, 0.3) is 0 Å². The first-order valence-electron chi connectivity index (χ1n) is 12.9. The predicted molar refractivity (Wildman–Crippen MR) is 126 cm³/mol. The number of hydrogen-bond donors (Lipinski definition) is 0. The smallest absolute Gasteiger partial charge is 0.334 e. The minimum absolute atomic E-state index is 0.0703. The molecule has 2 aliphatic carbocycles. The molecular weight excluding hydrogens is 368 g/mol. The van der Waals surface area contributed by atoms with Crippen LogP contribution in [-0.4, -0.2) is 12.6 Å². The Labute approximate surface area is 185 Å². The minimum atomic E-state index is -0.0703. The first kappa shape index (κ1) is 23.6. The van der Waals surface area contributed by atoms with Crippen molar-refractivity contribution in [1.29, 1.82) is 0 Å². The maximum atomic E-state index is 12.4. The number of cyclic esters (lactones) is 1. The maximum absolute atomic E-state index is 12.4. The van der Waals surface area contributed by atoms with Crippen LogP contribution in [0.15, 0.2) is 23.8 Å². The largest absolute Gasteiger partial charge is 0.462 e. The second-order valence-corrected chi connectivity index (χ2v) is 11.1. The van der Waals surface area contributed by atoms with Crippen LogP contribution >= 0.6 is 0 Å². The highest BCUT2D eigenvalue weighted by atomic mass is 16.5. The molecule has 1 aliphatic heterocycles. The third-order valence-corrected chi connectivity index (χ3v) is 9.33. The van der Waals surface area contributed by atoms with Crippen molar-refractivity contribution in [3.8, 4) is 0 Å². The third-order valence-electron chi connectivity index (χ3n) is 9.33. The Morgan fingerprint density at radius 3 is 2.50 bits per heavy atom. The summed E-state index contributed by atoms with van der Waals surface area (Å²) in [7, 11) is 0. The molecule has 2 saturated carbocycles. The van der Waals surface area contributed by atoms with Crippen LogP contribution in [0.1, 0.15) is 105 Å². The van der Waals surface area contributed by atoms with Crippen molar-refractivity contribution in [3.05, 3.63) is 23.8 Å². The fourth-order valence-corrected chi connectivity index (χ4v) is 7.85. The van der Waals surface area contributed by atoms with E-state index in [9.17, 15) is 4.79 Å². The Balaban J connectivity index is 1.88. The number of rotatable bonds is 8. The predicted octanol–water partition coefficient (Wildman–Crippen LogP) is 7.88. The van der Waals surface area contributed by atoms with E-state index in [1.54, 1.807) is 0 Å². The molecule has 0 radical (unpaired) electrons. The van der Waals surface area contributed by atoms with Crippen molar-refractivity contribution < 1.29 is 9.53 Å². The SMILES string of the molecule is C=C1CCC2C(C)(CCC)C(CCC)CCC2(C)C1C/C=C1/C(=O)OCC1CCC. The van der Waals surface area contributed by atoms with Crippen molar-refractivity contribution in [2.75, 3.05) is 6.61 Å². The van der Waals surface area contributed by atoms with Crippen LogP contribution in [0.2, 0.25) is 0 Å². The van der Waals surface area contributed by atoms with E-state index in [1.165, 1.54) is 50.5 Å². The Hall–Kier alpha value is -1.05. The molecule has 2 nitrogen and oxygen atoms in total. The van der Waals surface area contributed by atoms with Gasteiger partial charge in [-0.3, -0.25) is 0 Å². The maximum Gasteiger partial charge on any atom is 0.334 e. The molecule has 6 unspecified atom stereocenters. The van der Waals surface area contributed by atoms with Gasteiger partial charge in [-0.2, -0.15) is 0 Å². The lowest BCUT2D eigenvalue weighted by Gasteiger charge is -2.62. The lowest BCUT2D eigenvalue weighted by Crippen LogP contribution is -2.53. The molecule has 0 aromatic rings. The highest BCUT2D eigenvalue weighted by Gasteiger charge is 2.56. The average Bonchev–Trinajstić information content (AvgIpc) is 3.04.